The van der Waals surface area contributed by atoms with Crippen LogP contribution in [-0.2, 0) is 9.53 Å². The second-order valence-electron chi connectivity index (χ2n) is 5.57. The zero-order valence-corrected chi connectivity index (χ0v) is 12.2. The summed E-state index contributed by atoms with van der Waals surface area (Å²) in [6, 6.07) is 0.304. The summed E-state index contributed by atoms with van der Waals surface area (Å²) in [6.45, 7) is 4.37. The van der Waals surface area contributed by atoms with Crippen molar-refractivity contribution in [1.82, 2.24) is 5.32 Å². The molecule has 2 atom stereocenters. The molecule has 0 aliphatic heterocycles. The van der Waals surface area contributed by atoms with Crippen molar-refractivity contribution in [3.63, 3.8) is 0 Å². The highest BCUT2D eigenvalue weighted by Gasteiger charge is 2.25. The Kier molecular flexibility index (Phi) is 7.33. The topological polar surface area (TPSA) is 38.3 Å². The molecule has 3 heteroatoms. The molecular formula is C15H29NO2. The van der Waals surface area contributed by atoms with Crippen molar-refractivity contribution >= 4 is 5.97 Å². The summed E-state index contributed by atoms with van der Waals surface area (Å²) in [6.07, 6.45) is 9.74. The third kappa shape index (κ3) is 4.97. The van der Waals surface area contributed by atoms with Crippen LogP contribution in [0.15, 0.2) is 0 Å². The van der Waals surface area contributed by atoms with Crippen LogP contribution in [0.5, 0.6) is 0 Å². The normalized spacial score (nSPS) is 20.4. The van der Waals surface area contributed by atoms with E-state index in [9.17, 15) is 4.79 Å². The first-order valence-corrected chi connectivity index (χ1v) is 7.53. The van der Waals surface area contributed by atoms with E-state index >= 15 is 0 Å². The molecule has 106 valence electrons. The first kappa shape index (κ1) is 15.5. The van der Waals surface area contributed by atoms with Crippen molar-refractivity contribution in [2.75, 3.05) is 7.11 Å². The molecule has 1 saturated carbocycles. The Labute approximate surface area is 112 Å². The second kappa shape index (κ2) is 8.52. The summed E-state index contributed by atoms with van der Waals surface area (Å²) < 4.78 is 4.90. The van der Waals surface area contributed by atoms with E-state index in [0.717, 1.165) is 25.2 Å². The number of hydrogen-bond acceptors (Lipinski definition) is 3. The highest BCUT2D eigenvalue weighted by atomic mass is 16.5. The van der Waals surface area contributed by atoms with Crippen LogP contribution in [-0.4, -0.2) is 25.2 Å². The van der Waals surface area contributed by atoms with Crippen molar-refractivity contribution < 1.29 is 9.53 Å². The Morgan fingerprint density at radius 3 is 2.56 bits per heavy atom. The van der Waals surface area contributed by atoms with Gasteiger partial charge in [0.2, 0.25) is 0 Å². The smallest absolute Gasteiger partial charge is 0.322 e. The molecule has 0 aromatic heterocycles. The van der Waals surface area contributed by atoms with Crippen molar-refractivity contribution in [2.24, 2.45) is 5.92 Å². The van der Waals surface area contributed by atoms with Gasteiger partial charge in [0.05, 0.1) is 7.11 Å². The zero-order chi connectivity index (χ0) is 13.4. The lowest BCUT2D eigenvalue weighted by Crippen LogP contribution is -2.46. The number of unbranched alkanes of at least 4 members (excludes halogenated alkanes) is 1. The van der Waals surface area contributed by atoms with Crippen LogP contribution in [0, 0.1) is 5.92 Å². The SMILES string of the molecule is CCCCC(N[C@@H](C)C1CCCCC1)C(=O)OC. The molecule has 0 saturated heterocycles. The maximum atomic E-state index is 11.8. The lowest BCUT2D eigenvalue weighted by atomic mass is 9.84. The van der Waals surface area contributed by atoms with Gasteiger partial charge in [-0.15, -0.1) is 0 Å². The number of methoxy groups -OCH3 is 1. The van der Waals surface area contributed by atoms with Crippen LogP contribution in [0.3, 0.4) is 0 Å². The van der Waals surface area contributed by atoms with E-state index < -0.39 is 0 Å². The van der Waals surface area contributed by atoms with E-state index in [1.807, 2.05) is 0 Å². The average molecular weight is 255 g/mol. The van der Waals surface area contributed by atoms with Crippen LogP contribution in [0.1, 0.15) is 65.2 Å². The largest absolute Gasteiger partial charge is 0.468 e. The molecule has 1 N–H and O–H groups in total. The molecule has 1 fully saturated rings. The maximum absolute atomic E-state index is 11.8. The predicted molar refractivity (Wildman–Crippen MR) is 74.5 cm³/mol. The van der Waals surface area contributed by atoms with E-state index in [-0.39, 0.29) is 12.0 Å². The molecule has 0 bridgehead atoms. The van der Waals surface area contributed by atoms with Gasteiger partial charge in [0, 0.05) is 6.04 Å². The minimum atomic E-state index is -0.119. The molecule has 1 aliphatic rings. The van der Waals surface area contributed by atoms with Gasteiger partial charge in [0.1, 0.15) is 6.04 Å². The number of esters is 1. The molecule has 0 heterocycles. The van der Waals surface area contributed by atoms with Crippen LogP contribution in [0.2, 0.25) is 0 Å². The number of rotatable bonds is 7. The van der Waals surface area contributed by atoms with E-state index in [2.05, 4.69) is 19.2 Å². The lowest BCUT2D eigenvalue weighted by Gasteiger charge is -2.31. The Morgan fingerprint density at radius 1 is 1.33 bits per heavy atom. The minimum absolute atomic E-state index is 0.105. The molecule has 0 aromatic carbocycles. The predicted octanol–water partition coefficient (Wildman–Crippen LogP) is 3.28. The zero-order valence-electron chi connectivity index (χ0n) is 12.2. The summed E-state index contributed by atoms with van der Waals surface area (Å²) >= 11 is 0. The summed E-state index contributed by atoms with van der Waals surface area (Å²) in [5.41, 5.74) is 0. The van der Waals surface area contributed by atoms with Crippen molar-refractivity contribution in [2.45, 2.75) is 77.3 Å². The highest BCUT2D eigenvalue weighted by Crippen LogP contribution is 2.26. The van der Waals surface area contributed by atoms with Gasteiger partial charge >= 0.3 is 5.97 Å². The number of nitrogens with one attached hydrogen (secondary N) is 1. The molecular weight excluding hydrogens is 226 g/mol. The maximum Gasteiger partial charge on any atom is 0.322 e. The highest BCUT2D eigenvalue weighted by molar-refractivity contribution is 5.75. The van der Waals surface area contributed by atoms with E-state index in [1.54, 1.807) is 0 Å². The van der Waals surface area contributed by atoms with Crippen molar-refractivity contribution in [1.29, 1.82) is 0 Å². The molecule has 1 aliphatic carbocycles. The fraction of sp³-hybridized carbons (Fsp3) is 0.933. The second-order valence-corrected chi connectivity index (χ2v) is 5.57. The Morgan fingerprint density at radius 2 is 2.00 bits per heavy atom. The van der Waals surface area contributed by atoms with Gasteiger partial charge in [-0.2, -0.15) is 0 Å². The summed E-state index contributed by atoms with van der Waals surface area (Å²) in [5, 5.41) is 3.50. The van der Waals surface area contributed by atoms with Gasteiger partial charge in [-0.3, -0.25) is 4.79 Å². The van der Waals surface area contributed by atoms with Crippen molar-refractivity contribution in [3.8, 4) is 0 Å². The van der Waals surface area contributed by atoms with Crippen LogP contribution >= 0.6 is 0 Å². The summed E-state index contributed by atoms with van der Waals surface area (Å²) in [7, 11) is 1.48. The van der Waals surface area contributed by atoms with Gasteiger partial charge in [-0.05, 0) is 32.1 Å². The molecule has 18 heavy (non-hydrogen) atoms. The monoisotopic (exact) mass is 255 g/mol. The Bertz CT molecular complexity index is 237. The van der Waals surface area contributed by atoms with Crippen molar-refractivity contribution in [3.05, 3.63) is 0 Å². The van der Waals surface area contributed by atoms with Gasteiger partial charge < -0.3 is 10.1 Å². The lowest BCUT2D eigenvalue weighted by molar-refractivity contribution is -0.143. The number of carbonyl (C=O) groups excluding carboxylic acids is 1. The van der Waals surface area contributed by atoms with E-state index in [0.29, 0.717) is 6.04 Å². The number of hydrogen-bond donors (Lipinski definition) is 1. The van der Waals surface area contributed by atoms with Gasteiger partial charge in [-0.1, -0.05) is 39.0 Å². The fourth-order valence-electron chi connectivity index (χ4n) is 2.91. The summed E-state index contributed by atoms with van der Waals surface area (Å²) in [5.74, 6) is 0.624. The Hall–Kier alpha value is -0.570. The molecule has 0 amide bonds. The molecule has 3 nitrogen and oxygen atoms in total. The van der Waals surface area contributed by atoms with Crippen LogP contribution < -0.4 is 5.32 Å². The van der Waals surface area contributed by atoms with E-state index in [4.69, 9.17) is 4.74 Å². The molecule has 0 aromatic rings. The standard InChI is InChI=1S/C15H29NO2/c1-4-5-11-14(15(17)18-3)16-12(2)13-9-7-6-8-10-13/h12-14,16H,4-11H2,1-3H3/t12-,14?/m0/s1. The molecule has 1 unspecified atom stereocenters. The number of ether oxygens (including phenoxy) is 1. The molecule has 1 rings (SSSR count). The Balaban J connectivity index is 2.44. The quantitative estimate of drug-likeness (QED) is 0.710. The molecule has 0 radical (unpaired) electrons. The third-order valence-electron chi connectivity index (χ3n) is 4.15. The first-order valence-electron chi connectivity index (χ1n) is 7.53. The molecule has 0 spiro atoms. The van der Waals surface area contributed by atoms with Gasteiger partial charge in [0.25, 0.3) is 0 Å². The fourth-order valence-corrected chi connectivity index (χ4v) is 2.91. The van der Waals surface area contributed by atoms with Gasteiger partial charge in [0.15, 0.2) is 0 Å². The number of carbonyl (C=O) groups is 1. The van der Waals surface area contributed by atoms with Gasteiger partial charge in [-0.25, -0.2) is 0 Å². The van der Waals surface area contributed by atoms with Crippen LogP contribution in [0.25, 0.3) is 0 Å². The third-order valence-corrected chi connectivity index (χ3v) is 4.15. The minimum Gasteiger partial charge on any atom is -0.468 e. The first-order chi connectivity index (χ1) is 8.69. The average Bonchev–Trinajstić information content (AvgIpc) is 2.43. The van der Waals surface area contributed by atoms with E-state index in [1.165, 1.54) is 39.2 Å². The summed E-state index contributed by atoms with van der Waals surface area (Å²) in [4.78, 5) is 11.8. The van der Waals surface area contributed by atoms with Crippen LogP contribution in [0.4, 0.5) is 0 Å².